The number of nitrogens with two attached hydrogens (primary N) is 1. The van der Waals surface area contributed by atoms with E-state index in [0.717, 1.165) is 0 Å². The third kappa shape index (κ3) is 2.25. The fourth-order valence-electron chi connectivity index (χ4n) is 1.64. The van der Waals surface area contributed by atoms with Crippen LogP contribution in [0.15, 0.2) is 42.5 Å². The fourth-order valence-corrected chi connectivity index (χ4v) is 1.64. The first-order chi connectivity index (χ1) is 8.08. The van der Waals surface area contributed by atoms with Gasteiger partial charge in [-0.3, -0.25) is 0 Å². The van der Waals surface area contributed by atoms with Gasteiger partial charge >= 0.3 is 5.97 Å². The van der Waals surface area contributed by atoms with Crippen LogP contribution in [0.2, 0.25) is 0 Å². The van der Waals surface area contributed by atoms with Crippen molar-refractivity contribution in [1.29, 1.82) is 0 Å². The van der Waals surface area contributed by atoms with E-state index in [0.29, 0.717) is 16.8 Å². The van der Waals surface area contributed by atoms with Crippen molar-refractivity contribution in [2.24, 2.45) is 0 Å². The third-order valence-corrected chi connectivity index (χ3v) is 2.41. The van der Waals surface area contributed by atoms with Crippen molar-refractivity contribution >= 4 is 11.7 Å². The number of halogens is 1. The maximum Gasteiger partial charge on any atom is 0.336 e. The van der Waals surface area contributed by atoms with Gasteiger partial charge in [-0.15, -0.1) is 0 Å². The monoisotopic (exact) mass is 231 g/mol. The van der Waals surface area contributed by atoms with E-state index in [4.69, 9.17) is 10.8 Å². The third-order valence-electron chi connectivity index (χ3n) is 2.41. The SMILES string of the molecule is Nc1ccc(C(=O)O)c(-c2cccc(F)c2)c1. The quantitative estimate of drug-likeness (QED) is 0.781. The summed E-state index contributed by atoms with van der Waals surface area (Å²) in [5, 5.41) is 9.05. The Morgan fingerprint density at radius 2 is 1.94 bits per heavy atom. The fraction of sp³-hybridized carbons (Fsp3) is 0. The Balaban J connectivity index is 2.65. The summed E-state index contributed by atoms with van der Waals surface area (Å²) in [6.45, 7) is 0. The van der Waals surface area contributed by atoms with E-state index in [1.807, 2.05) is 0 Å². The molecule has 0 aliphatic heterocycles. The maximum atomic E-state index is 13.1. The molecular formula is C13H10FNO2. The van der Waals surface area contributed by atoms with Crippen molar-refractivity contribution in [3.05, 3.63) is 53.8 Å². The zero-order chi connectivity index (χ0) is 12.4. The first-order valence-electron chi connectivity index (χ1n) is 4.96. The van der Waals surface area contributed by atoms with Crippen molar-refractivity contribution < 1.29 is 14.3 Å². The van der Waals surface area contributed by atoms with Crippen molar-refractivity contribution in [1.82, 2.24) is 0 Å². The van der Waals surface area contributed by atoms with Gasteiger partial charge in [0.15, 0.2) is 0 Å². The van der Waals surface area contributed by atoms with Crippen molar-refractivity contribution in [3.8, 4) is 11.1 Å². The van der Waals surface area contributed by atoms with Gasteiger partial charge in [-0.05, 0) is 41.5 Å². The summed E-state index contributed by atoms with van der Waals surface area (Å²) in [5.74, 6) is -1.48. The van der Waals surface area contributed by atoms with Gasteiger partial charge in [0.1, 0.15) is 5.82 Å². The lowest BCUT2D eigenvalue weighted by atomic mass is 9.99. The molecule has 17 heavy (non-hydrogen) atoms. The van der Waals surface area contributed by atoms with Crippen LogP contribution in [-0.2, 0) is 0 Å². The Kier molecular flexibility index (Phi) is 2.78. The highest BCUT2D eigenvalue weighted by molar-refractivity contribution is 5.96. The molecule has 0 aliphatic rings. The summed E-state index contributed by atoms with van der Waals surface area (Å²) >= 11 is 0. The van der Waals surface area contributed by atoms with Crippen LogP contribution in [-0.4, -0.2) is 11.1 Å². The van der Waals surface area contributed by atoms with Crippen LogP contribution in [0.5, 0.6) is 0 Å². The number of carboxylic acids is 1. The molecule has 0 saturated heterocycles. The number of nitrogen functional groups attached to an aromatic ring is 1. The normalized spacial score (nSPS) is 10.2. The topological polar surface area (TPSA) is 63.3 Å². The molecule has 0 heterocycles. The summed E-state index contributed by atoms with van der Waals surface area (Å²) < 4.78 is 13.1. The zero-order valence-corrected chi connectivity index (χ0v) is 8.85. The van der Waals surface area contributed by atoms with Gasteiger partial charge in [-0.25, -0.2) is 9.18 Å². The van der Waals surface area contributed by atoms with E-state index in [-0.39, 0.29) is 5.56 Å². The molecule has 0 amide bonds. The second-order valence-electron chi connectivity index (χ2n) is 3.62. The molecule has 0 spiro atoms. The predicted octanol–water partition coefficient (Wildman–Crippen LogP) is 2.77. The van der Waals surface area contributed by atoms with Crippen molar-refractivity contribution in [3.63, 3.8) is 0 Å². The molecule has 3 nitrogen and oxygen atoms in total. The average molecular weight is 231 g/mol. The maximum absolute atomic E-state index is 13.1. The Hall–Kier alpha value is -2.36. The molecule has 86 valence electrons. The molecule has 2 aromatic rings. The molecule has 4 heteroatoms. The van der Waals surface area contributed by atoms with Crippen LogP contribution in [0.4, 0.5) is 10.1 Å². The highest BCUT2D eigenvalue weighted by atomic mass is 19.1. The standard InChI is InChI=1S/C13H10FNO2/c14-9-3-1-2-8(6-9)12-7-10(15)4-5-11(12)13(16)17/h1-7H,15H2,(H,16,17). The van der Waals surface area contributed by atoms with Gasteiger partial charge in [-0.2, -0.15) is 0 Å². The summed E-state index contributed by atoms with van der Waals surface area (Å²) in [6.07, 6.45) is 0. The number of rotatable bonds is 2. The van der Waals surface area contributed by atoms with E-state index >= 15 is 0 Å². The zero-order valence-electron chi connectivity index (χ0n) is 8.85. The number of benzene rings is 2. The van der Waals surface area contributed by atoms with Crippen molar-refractivity contribution in [2.45, 2.75) is 0 Å². The lowest BCUT2D eigenvalue weighted by molar-refractivity contribution is 0.0698. The molecule has 0 aliphatic carbocycles. The molecule has 0 radical (unpaired) electrons. The van der Waals surface area contributed by atoms with Crippen LogP contribution < -0.4 is 5.73 Å². The highest BCUT2D eigenvalue weighted by Crippen LogP contribution is 2.26. The molecule has 2 rings (SSSR count). The molecule has 0 saturated carbocycles. The number of anilines is 1. The van der Waals surface area contributed by atoms with Crippen molar-refractivity contribution in [2.75, 3.05) is 5.73 Å². The Morgan fingerprint density at radius 1 is 1.18 bits per heavy atom. The molecule has 0 atom stereocenters. The molecular weight excluding hydrogens is 221 g/mol. The Labute approximate surface area is 97.3 Å². The number of aromatic carboxylic acids is 1. The van der Waals surface area contributed by atoms with Gasteiger partial charge in [0.2, 0.25) is 0 Å². The van der Waals surface area contributed by atoms with E-state index in [9.17, 15) is 9.18 Å². The smallest absolute Gasteiger partial charge is 0.336 e. The molecule has 0 fully saturated rings. The van der Waals surface area contributed by atoms with Gasteiger partial charge < -0.3 is 10.8 Å². The number of carboxylic acid groups (broad SMARTS) is 1. The summed E-state index contributed by atoms with van der Waals surface area (Å²) in [4.78, 5) is 11.1. The summed E-state index contributed by atoms with van der Waals surface area (Å²) in [5.41, 5.74) is 7.07. The van der Waals surface area contributed by atoms with E-state index in [1.165, 1.54) is 36.4 Å². The Bertz CT molecular complexity index is 581. The Morgan fingerprint density at radius 3 is 2.59 bits per heavy atom. The minimum Gasteiger partial charge on any atom is -0.478 e. The van der Waals surface area contributed by atoms with Crippen LogP contribution in [0.25, 0.3) is 11.1 Å². The molecule has 0 aromatic heterocycles. The molecule has 0 unspecified atom stereocenters. The second kappa shape index (κ2) is 4.25. The van der Waals surface area contributed by atoms with Crippen LogP contribution >= 0.6 is 0 Å². The first-order valence-corrected chi connectivity index (χ1v) is 4.96. The van der Waals surface area contributed by atoms with Crippen LogP contribution in [0.1, 0.15) is 10.4 Å². The van der Waals surface area contributed by atoms with Crippen LogP contribution in [0, 0.1) is 5.82 Å². The molecule has 0 bridgehead atoms. The minimum atomic E-state index is -1.07. The van der Waals surface area contributed by atoms with Gasteiger partial charge in [0, 0.05) is 5.69 Å². The number of carbonyl (C=O) groups is 1. The van der Waals surface area contributed by atoms with E-state index < -0.39 is 11.8 Å². The minimum absolute atomic E-state index is 0.102. The number of hydrogen-bond acceptors (Lipinski definition) is 2. The van der Waals surface area contributed by atoms with Gasteiger partial charge in [0.25, 0.3) is 0 Å². The van der Waals surface area contributed by atoms with E-state index in [1.54, 1.807) is 6.07 Å². The predicted molar refractivity (Wildman–Crippen MR) is 63.2 cm³/mol. The summed E-state index contributed by atoms with van der Waals surface area (Å²) in [6, 6.07) is 10.2. The van der Waals surface area contributed by atoms with Gasteiger partial charge in [0.05, 0.1) is 5.56 Å². The van der Waals surface area contributed by atoms with Crippen LogP contribution in [0.3, 0.4) is 0 Å². The average Bonchev–Trinajstić information content (AvgIpc) is 2.28. The van der Waals surface area contributed by atoms with E-state index in [2.05, 4.69) is 0 Å². The number of hydrogen-bond donors (Lipinski definition) is 2. The molecule has 3 N–H and O–H groups in total. The second-order valence-corrected chi connectivity index (χ2v) is 3.62. The molecule has 2 aromatic carbocycles. The largest absolute Gasteiger partial charge is 0.478 e. The van der Waals surface area contributed by atoms with Gasteiger partial charge in [-0.1, -0.05) is 12.1 Å². The first kappa shape index (κ1) is 11.1. The lowest BCUT2D eigenvalue weighted by Crippen LogP contribution is -2.00. The summed E-state index contributed by atoms with van der Waals surface area (Å²) in [7, 11) is 0. The lowest BCUT2D eigenvalue weighted by Gasteiger charge is -2.07. The highest BCUT2D eigenvalue weighted by Gasteiger charge is 2.12.